The van der Waals surface area contributed by atoms with Gasteiger partial charge < -0.3 is 10.2 Å². The summed E-state index contributed by atoms with van der Waals surface area (Å²) in [6.45, 7) is 5.16. The fourth-order valence-corrected chi connectivity index (χ4v) is 1.57. The van der Waals surface area contributed by atoms with Gasteiger partial charge in [-0.3, -0.25) is 4.79 Å². The Morgan fingerprint density at radius 3 is 2.19 bits per heavy atom. The third-order valence-electron chi connectivity index (χ3n) is 2.49. The van der Waals surface area contributed by atoms with E-state index in [-0.39, 0.29) is 0 Å². The molecule has 0 aromatic heterocycles. The van der Waals surface area contributed by atoms with Gasteiger partial charge in [0.25, 0.3) is 0 Å². The molecule has 0 heterocycles. The summed E-state index contributed by atoms with van der Waals surface area (Å²) in [5, 5.41) is 18.5. The van der Waals surface area contributed by atoms with Crippen LogP contribution in [0.1, 0.15) is 37.8 Å². The predicted octanol–water partition coefficient (Wildman–Crippen LogP) is 2.19. The van der Waals surface area contributed by atoms with Gasteiger partial charge in [0.05, 0.1) is 11.5 Å². The predicted molar refractivity (Wildman–Crippen MR) is 62.5 cm³/mol. The van der Waals surface area contributed by atoms with Crippen LogP contribution in [0.5, 0.6) is 0 Å². The number of benzene rings is 1. The maximum absolute atomic E-state index is 10.8. The lowest BCUT2D eigenvalue weighted by atomic mass is 9.95. The molecule has 0 saturated carbocycles. The standard InChI is InChI=1S/C13H18O3/c1-9(12(14)15)11-6-4-10(5-7-11)8-13(2,3)16/h4-7,9,16H,8H2,1-3H3,(H,14,15)/t9-/m1/s1. The second kappa shape index (κ2) is 4.66. The van der Waals surface area contributed by atoms with Crippen molar-refractivity contribution in [2.75, 3.05) is 0 Å². The summed E-state index contributed by atoms with van der Waals surface area (Å²) in [6.07, 6.45) is 0.564. The lowest BCUT2D eigenvalue weighted by molar-refractivity contribution is -0.138. The molecular formula is C13H18O3. The molecule has 0 aliphatic rings. The van der Waals surface area contributed by atoms with Crippen LogP contribution < -0.4 is 0 Å². The topological polar surface area (TPSA) is 57.5 Å². The number of hydrogen-bond donors (Lipinski definition) is 2. The van der Waals surface area contributed by atoms with E-state index in [0.29, 0.717) is 6.42 Å². The molecule has 16 heavy (non-hydrogen) atoms. The molecule has 0 aliphatic carbocycles. The molecule has 0 radical (unpaired) electrons. The number of hydrogen-bond acceptors (Lipinski definition) is 2. The first-order valence-corrected chi connectivity index (χ1v) is 5.33. The molecular weight excluding hydrogens is 204 g/mol. The van der Waals surface area contributed by atoms with E-state index in [9.17, 15) is 9.90 Å². The van der Waals surface area contributed by atoms with Gasteiger partial charge in [-0.2, -0.15) is 0 Å². The second-order valence-corrected chi connectivity index (χ2v) is 4.79. The van der Waals surface area contributed by atoms with Crippen LogP contribution in [0.3, 0.4) is 0 Å². The molecule has 0 amide bonds. The van der Waals surface area contributed by atoms with E-state index in [1.165, 1.54) is 0 Å². The Bertz CT molecular complexity index is 360. The van der Waals surface area contributed by atoms with Gasteiger partial charge in [0, 0.05) is 6.42 Å². The van der Waals surface area contributed by atoms with E-state index < -0.39 is 17.5 Å². The molecule has 1 aromatic carbocycles. The van der Waals surface area contributed by atoms with Gasteiger partial charge in [-0.05, 0) is 31.9 Å². The molecule has 1 rings (SSSR count). The summed E-state index contributed by atoms with van der Waals surface area (Å²) in [7, 11) is 0. The van der Waals surface area contributed by atoms with Gasteiger partial charge >= 0.3 is 5.97 Å². The molecule has 0 saturated heterocycles. The van der Waals surface area contributed by atoms with Crippen molar-refractivity contribution in [1.29, 1.82) is 0 Å². The second-order valence-electron chi connectivity index (χ2n) is 4.79. The summed E-state index contributed by atoms with van der Waals surface area (Å²) in [5.74, 6) is -1.31. The van der Waals surface area contributed by atoms with Crippen molar-refractivity contribution in [3.05, 3.63) is 35.4 Å². The molecule has 0 aliphatic heterocycles. The Morgan fingerprint density at radius 1 is 1.31 bits per heavy atom. The number of carboxylic acid groups (broad SMARTS) is 1. The monoisotopic (exact) mass is 222 g/mol. The number of carboxylic acids is 1. The van der Waals surface area contributed by atoms with Crippen molar-refractivity contribution in [2.24, 2.45) is 0 Å². The minimum Gasteiger partial charge on any atom is -0.481 e. The lowest BCUT2D eigenvalue weighted by Gasteiger charge is -2.17. The Labute approximate surface area is 95.7 Å². The zero-order chi connectivity index (χ0) is 12.3. The van der Waals surface area contributed by atoms with Crippen molar-refractivity contribution < 1.29 is 15.0 Å². The summed E-state index contributed by atoms with van der Waals surface area (Å²) < 4.78 is 0. The molecule has 0 spiro atoms. The average Bonchev–Trinajstić information content (AvgIpc) is 2.15. The highest BCUT2D eigenvalue weighted by molar-refractivity contribution is 5.75. The van der Waals surface area contributed by atoms with Crippen molar-refractivity contribution in [3.63, 3.8) is 0 Å². The van der Waals surface area contributed by atoms with Crippen molar-refractivity contribution in [2.45, 2.75) is 38.7 Å². The number of carbonyl (C=O) groups is 1. The number of rotatable bonds is 4. The first-order chi connectivity index (χ1) is 7.29. The Morgan fingerprint density at radius 2 is 1.81 bits per heavy atom. The third-order valence-corrected chi connectivity index (χ3v) is 2.49. The molecule has 1 aromatic rings. The fraction of sp³-hybridized carbons (Fsp3) is 0.462. The summed E-state index contributed by atoms with van der Waals surface area (Å²) in [5.41, 5.74) is 1.06. The number of aliphatic hydroxyl groups is 1. The zero-order valence-electron chi connectivity index (χ0n) is 9.90. The Hall–Kier alpha value is -1.35. The van der Waals surface area contributed by atoms with E-state index in [1.54, 1.807) is 32.9 Å². The number of aliphatic carboxylic acids is 1. The normalized spacial score (nSPS) is 13.5. The largest absolute Gasteiger partial charge is 0.481 e. The summed E-state index contributed by atoms with van der Waals surface area (Å²) in [4.78, 5) is 10.8. The van der Waals surface area contributed by atoms with Crippen LogP contribution >= 0.6 is 0 Å². The van der Waals surface area contributed by atoms with Gasteiger partial charge in [0.15, 0.2) is 0 Å². The van der Waals surface area contributed by atoms with Crippen LogP contribution in [0.2, 0.25) is 0 Å². The van der Waals surface area contributed by atoms with Crippen LogP contribution in [-0.2, 0) is 11.2 Å². The zero-order valence-corrected chi connectivity index (χ0v) is 9.90. The van der Waals surface area contributed by atoms with Crippen LogP contribution in [-0.4, -0.2) is 21.8 Å². The van der Waals surface area contributed by atoms with E-state index >= 15 is 0 Å². The van der Waals surface area contributed by atoms with Gasteiger partial charge in [-0.25, -0.2) is 0 Å². The van der Waals surface area contributed by atoms with Gasteiger partial charge in [0.1, 0.15) is 0 Å². The van der Waals surface area contributed by atoms with E-state index in [1.807, 2.05) is 12.1 Å². The van der Waals surface area contributed by atoms with Crippen molar-refractivity contribution >= 4 is 5.97 Å². The first-order valence-electron chi connectivity index (χ1n) is 5.33. The van der Waals surface area contributed by atoms with Gasteiger partial charge in [0.2, 0.25) is 0 Å². The highest BCUT2D eigenvalue weighted by Crippen LogP contribution is 2.18. The third kappa shape index (κ3) is 3.66. The van der Waals surface area contributed by atoms with Crippen LogP contribution in [0.15, 0.2) is 24.3 Å². The Balaban J connectivity index is 2.79. The van der Waals surface area contributed by atoms with E-state index in [0.717, 1.165) is 11.1 Å². The lowest BCUT2D eigenvalue weighted by Crippen LogP contribution is -2.21. The minimum absolute atomic E-state index is 0.490. The van der Waals surface area contributed by atoms with Crippen molar-refractivity contribution in [1.82, 2.24) is 0 Å². The Kier molecular flexibility index (Phi) is 3.70. The highest BCUT2D eigenvalue weighted by atomic mass is 16.4. The smallest absolute Gasteiger partial charge is 0.310 e. The molecule has 88 valence electrons. The van der Waals surface area contributed by atoms with Gasteiger partial charge in [-0.1, -0.05) is 24.3 Å². The summed E-state index contributed by atoms with van der Waals surface area (Å²) in [6, 6.07) is 7.35. The summed E-state index contributed by atoms with van der Waals surface area (Å²) >= 11 is 0. The van der Waals surface area contributed by atoms with Crippen LogP contribution in [0, 0.1) is 0 Å². The van der Waals surface area contributed by atoms with Crippen molar-refractivity contribution in [3.8, 4) is 0 Å². The molecule has 0 bridgehead atoms. The van der Waals surface area contributed by atoms with Crippen LogP contribution in [0.25, 0.3) is 0 Å². The molecule has 0 unspecified atom stereocenters. The van der Waals surface area contributed by atoms with E-state index in [2.05, 4.69) is 0 Å². The SMILES string of the molecule is C[C@@H](C(=O)O)c1ccc(CC(C)(C)O)cc1. The maximum Gasteiger partial charge on any atom is 0.310 e. The minimum atomic E-state index is -0.824. The average molecular weight is 222 g/mol. The first kappa shape index (κ1) is 12.7. The quantitative estimate of drug-likeness (QED) is 0.821. The maximum atomic E-state index is 10.8. The van der Waals surface area contributed by atoms with Gasteiger partial charge in [-0.15, -0.1) is 0 Å². The molecule has 3 heteroatoms. The fourth-order valence-electron chi connectivity index (χ4n) is 1.57. The molecule has 1 atom stereocenters. The highest BCUT2D eigenvalue weighted by Gasteiger charge is 2.15. The van der Waals surface area contributed by atoms with E-state index in [4.69, 9.17) is 5.11 Å². The van der Waals surface area contributed by atoms with Crippen LogP contribution in [0.4, 0.5) is 0 Å². The molecule has 3 nitrogen and oxygen atoms in total. The molecule has 0 fully saturated rings. The molecule has 2 N–H and O–H groups in total.